The first-order valence-corrected chi connectivity index (χ1v) is 11.9. The average molecular weight is 477 g/mol. The van der Waals surface area contributed by atoms with Gasteiger partial charge in [0.2, 0.25) is 0 Å². The molecular formula is C25H24N4O4S. The largest absolute Gasteiger partial charge is 0.495 e. The van der Waals surface area contributed by atoms with Gasteiger partial charge in [-0.15, -0.1) is 0 Å². The second kappa shape index (κ2) is 9.40. The second-order valence-electron chi connectivity index (χ2n) is 7.71. The Morgan fingerprint density at radius 3 is 2.41 bits per heavy atom. The Kier molecular flexibility index (Phi) is 6.38. The monoisotopic (exact) mass is 476 g/mol. The van der Waals surface area contributed by atoms with Crippen molar-refractivity contribution in [3.63, 3.8) is 0 Å². The van der Waals surface area contributed by atoms with Crippen molar-refractivity contribution in [2.24, 2.45) is 0 Å². The minimum atomic E-state index is -4.00. The van der Waals surface area contributed by atoms with Crippen LogP contribution >= 0.6 is 0 Å². The smallest absolute Gasteiger partial charge is 0.265 e. The van der Waals surface area contributed by atoms with Crippen molar-refractivity contribution < 1.29 is 17.9 Å². The molecule has 0 saturated heterocycles. The summed E-state index contributed by atoms with van der Waals surface area (Å²) >= 11 is 0. The number of anilines is 2. The third-order valence-corrected chi connectivity index (χ3v) is 6.71. The number of benzene rings is 3. The lowest BCUT2D eigenvalue weighted by atomic mass is 10.1. The molecular weight excluding hydrogens is 452 g/mol. The molecule has 2 N–H and O–H groups in total. The summed E-state index contributed by atoms with van der Waals surface area (Å²) in [6.07, 6.45) is 5.07. The minimum Gasteiger partial charge on any atom is -0.495 e. The predicted molar refractivity (Wildman–Crippen MR) is 131 cm³/mol. The lowest BCUT2D eigenvalue weighted by Crippen LogP contribution is -2.17. The fourth-order valence-electron chi connectivity index (χ4n) is 3.55. The van der Waals surface area contributed by atoms with Gasteiger partial charge < -0.3 is 14.6 Å². The third kappa shape index (κ3) is 4.79. The minimum absolute atomic E-state index is 0.0809. The van der Waals surface area contributed by atoms with Gasteiger partial charge in [-0.3, -0.25) is 9.52 Å². The first-order chi connectivity index (χ1) is 16.3. The number of carbonyl (C=O) groups is 1. The van der Waals surface area contributed by atoms with E-state index in [0.717, 1.165) is 16.8 Å². The Morgan fingerprint density at radius 1 is 1.00 bits per heavy atom. The zero-order valence-corrected chi connectivity index (χ0v) is 19.8. The number of hydrogen-bond acceptors (Lipinski definition) is 5. The molecule has 3 aromatic carbocycles. The Hall–Kier alpha value is -4.11. The van der Waals surface area contributed by atoms with Crippen molar-refractivity contribution >= 4 is 27.3 Å². The quantitative estimate of drug-likeness (QED) is 0.407. The number of para-hydroxylation sites is 1. The molecule has 0 radical (unpaired) electrons. The van der Waals surface area contributed by atoms with Gasteiger partial charge in [0.15, 0.2) is 0 Å². The molecule has 0 unspecified atom stereocenters. The molecule has 0 aliphatic heterocycles. The van der Waals surface area contributed by atoms with Crippen LogP contribution in [0.25, 0.3) is 5.69 Å². The van der Waals surface area contributed by atoms with Crippen LogP contribution in [0.2, 0.25) is 0 Å². The maximum Gasteiger partial charge on any atom is 0.265 e. The molecule has 0 saturated carbocycles. The van der Waals surface area contributed by atoms with E-state index in [1.54, 1.807) is 47.6 Å². The first-order valence-electron chi connectivity index (χ1n) is 10.5. The zero-order valence-electron chi connectivity index (χ0n) is 18.9. The molecule has 0 aliphatic rings. The molecule has 34 heavy (non-hydrogen) atoms. The molecule has 1 heterocycles. The van der Waals surface area contributed by atoms with Crippen LogP contribution in [-0.2, 0) is 10.0 Å². The molecule has 0 atom stereocenters. The van der Waals surface area contributed by atoms with Gasteiger partial charge in [0.25, 0.3) is 15.9 Å². The maximum absolute atomic E-state index is 13.3. The number of amides is 1. The van der Waals surface area contributed by atoms with E-state index in [1.807, 2.05) is 38.1 Å². The van der Waals surface area contributed by atoms with E-state index in [-0.39, 0.29) is 16.6 Å². The van der Waals surface area contributed by atoms with E-state index in [2.05, 4.69) is 15.0 Å². The number of ether oxygens (including phenoxy) is 1. The van der Waals surface area contributed by atoms with Gasteiger partial charge in [-0.1, -0.05) is 24.3 Å². The van der Waals surface area contributed by atoms with Crippen LogP contribution in [0.3, 0.4) is 0 Å². The lowest BCUT2D eigenvalue weighted by Gasteiger charge is -2.16. The lowest BCUT2D eigenvalue weighted by molar-refractivity contribution is 0.102. The van der Waals surface area contributed by atoms with Gasteiger partial charge in [0.05, 0.1) is 19.1 Å². The third-order valence-electron chi connectivity index (χ3n) is 5.34. The first kappa shape index (κ1) is 23.1. The molecule has 4 aromatic rings. The molecule has 4 rings (SSSR count). The number of aryl methyl sites for hydroxylation is 2. The fourth-order valence-corrected chi connectivity index (χ4v) is 4.95. The molecule has 1 amide bonds. The molecule has 0 spiro atoms. The van der Waals surface area contributed by atoms with Crippen molar-refractivity contribution in [3.05, 3.63) is 96.1 Å². The summed E-state index contributed by atoms with van der Waals surface area (Å²) in [5.41, 5.74) is 3.62. The molecule has 8 nitrogen and oxygen atoms in total. The number of nitrogens with zero attached hydrogens (tertiary/aromatic N) is 2. The van der Waals surface area contributed by atoms with Crippen molar-refractivity contribution in [1.82, 2.24) is 9.55 Å². The number of rotatable bonds is 7. The molecule has 0 bridgehead atoms. The van der Waals surface area contributed by atoms with E-state index >= 15 is 0 Å². The van der Waals surface area contributed by atoms with Crippen LogP contribution in [0.4, 0.5) is 11.4 Å². The number of sulfonamides is 1. The number of carbonyl (C=O) groups excluding carboxylic acids is 1. The highest BCUT2D eigenvalue weighted by Gasteiger charge is 2.22. The normalized spacial score (nSPS) is 11.1. The summed E-state index contributed by atoms with van der Waals surface area (Å²) in [6.45, 7) is 3.66. The topological polar surface area (TPSA) is 102 Å². The number of aromatic nitrogens is 2. The van der Waals surface area contributed by atoms with Crippen molar-refractivity contribution in [2.75, 3.05) is 17.1 Å². The summed E-state index contributed by atoms with van der Waals surface area (Å²) in [5, 5.41) is 2.77. The molecule has 0 fully saturated rings. The highest BCUT2D eigenvalue weighted by molar-refractivity contribution is 7.92. The summed E-state index contributed by atoms with van der Waals surface area (Å²) < 4.78 is 36.2. The van der Waals surface area contributed by atoms with E-state index < -0.39 is 10.0 Å². The number of nitrogens with one attached hydrogen (secondary N) is 2. The molecule has 1 aromatic heterocycles. The maximum atomic E-state index is 13.3. The van der Waals surface area contributed by atoms with Gasteiger partial charge in [-0.2, -0.15) is 0 Å². The van der Waals surface area contributed by atoms with Gasteiger partial charge >= 0.3 is 0 Å². The van der Waals surface area contributed by atoms with E-state index in [9.17, 15) is 13.2 Å². The second-order valence-corrected chi connectivity index (χ2v) is 9.36. The number of imidazole rings is 1. The van der Waals surface area contributed by atoms with E-state index in [0.29, 0.717) is 16.9 Å². The van der Waals surface area contributed by atoms with Crippen molar-refractivity contribution in [3.8, 4) is 11.4 Å². The summed E-state index contributed by atoms with van der Waals surface area (Å²) in [4.78, 5) is 16.8. The van der Waals surface area contributed by atoms with Crippen LogP contribution < -0.4 is 14.8 Å². The fraction of sp³-hybridized carbons (Fsp3) is 0.120. The van der Waals surface area contributed by atoms with Crippen LogP contribution in [0.15, 0.2) is 84.3 Å². The summed E-state index contributed by atoms with van der Waals surface area (Å²) in [7, 11) is -2.60. The Balaban J connectivity index is 1.63. The Labute approximate surface area is 198 Å². The van der Waals surface area contributed by atoms with Crippen molar-refractivity contribution in [1.29, 1.82) is 0 Å². The molecule has 9 heteroatoms. The van der Waals surface area contributed by atoms with Crippen LogP contribution in [0, 0.1) is 13.8 Å². The van der Waals surface area contributed by atoms with Crippen molar-refractivity contribution in [2.45, 2.75) is 18.7 Å². The van der Waals surface area contributed by atoms with Gasteiger partial charge in [0, 0.05) is 29.3 Å². The number of hydrogen-bond donors (Lipinski definition) is 2. The van der Waals surface area contributed by atoms with Crippen LogP contribution in [-0.4, -0.2) is 31.0 Å². The molecule has 0 aliphatic carbocycles. The van der Waals surface area contributed by atoms with Crippen LogP contribution in [0.5, 0.6) is 5.75 Å². The zero-order chi connectivity index (χ0) is 24.3. The van der Waals surface area contributed by atoms with Gasteiger partial charge in [-0.25, -0.2) is 13.4 Å². The van der Waals surface area contributed by atoms with Crippen LogP contribution in [0.1, 0.15) is 21.5 Å². The standard InChI is InChI=1S/C25H24N4O4S/c1-17-6-4-7-18(2)24(17)28-34(31,32)23-15-20(10-11-22(23)33-3)27-25(30)19-8-5-9-21(14-19)29-13-12-26-16-29/h4-16,28H,1-3H3,(H,27,30). The van der Waals surface area contributed by atoms with Gasteiger partial charge in [-0.05, 0) is 61.4 Å². The molecule has 174 valence electrons. The highest BCUT2D eigenvalue weighted by Crippen LogP contribution is 2.31. The predicted octanol–water partition coefficient (Wildman–Crippen LogP) is 4.55. The average Bonchev–Trinajstić information content (AvgIpc) is 3.37. The Morgan fingerprint density at radius 2 is 1.74 bits per heavy atom. The summed E-state index contributed by atoms with van der Waals surface area (Å²) in [5.74, 6) is -0.211. The summed E-state index contributed by atoms with van der Waals surface area (Å²) in [6, 6.07) is 17.0. The van der Waals surface area contributed by atoms with E-state index in [1.165, 1.54) is 19.2 Å². The number of methoxy groups -OCH3 is 1. The van der Waals surface area contributed by atoms with E-state index in [4.69, 9.17) is 4.74 Å². The highest BCUT2D eigenvalue weighted by atomic mass is 32.2. The SMILES string of the molecule is COc1ccc(NC(=O)c2cccc(-n3ccnc3)c2)cc1S(=O)(=O)Nc1c(C)cccc1C. The van der Waals surface area contributed by atoms with Gasteiger partial charge in [0.1, 0.15) is 10.6 Å². The Bertz CT molecular complexity index is 1430.